The molecule has 1 aromatic heterocycles. The zero-order chi connectivity index (χ0) is 14.5. The number of hydrogen-bond acceptors (Lipinski definition) is 5. The Balaban J connectivity index is 2.04. The van der Waals surface area contributed by atoms with Gasteiger partial charge in [-0.05, 0) is 47.2 Å². The number of ether oxygens (including phenoxy) is 1. The molecule has 20 heavy (non-hydrogen) atoms. The zero-order valence-corrected chi connectivity index (χ0v) is 13.1. The first-order chi connectivity index (χ1) is 9.61. The van der Waals surface area contributed by atoms with Gasteiger partial charge < -0.3 is 15.0 Å². The van der Waals surface area contributed by atoms with Gasteiger partial charge in [0.25, 0.3) is 0 Å². The van der Waals surface area contributed by atoms with Gasteiger partial charge in [-0.25, -0.2) is 4.98 Å². The van der Waals surface area contributed by atoms with Gasteiger partial charge in [0.15, 0.2) is 0 Å². The normalized spacial score (nSPS) is 19.9. The van der Waals surface area contributed by atoms with E-state index in [1.54, 1.807) is 0 Å². The van der Waals surface area contributed by atoms with Gasteiger partial charge in [-0.2, -0.15) is 4.98 Å². The fraction of sp³-hybridized carbons (Fsp3) is 0.733. The van der Waals surface area contributed by atoms with Crippen LogP contribution in [0.25, 0.3) is 0 Å². The Morgan fingerprint density at radius 1 is 1.30 bits per heavy atom. The molecule has 1 aromatic rings. The van der Waals surface area contributed by atoms with Crippen molar-refractivity contribution in [1.82, 2.24) is 14.9 Å². The van der Waals surface area contributed by atoms with E-state index in [0.717, 1.165) is 23.8 Å². The van der Waals surface area contributed by atoms with Crippen molar-refractivity contribution < 1.29 is 4.74 Å². The van der Waals surface area contributed by atoms with Crippen LogP contribution in [0.15, 0.2) is 0 Å². The van der Waals surface area contributed by atoms with Gasteiger partial charge in [-0.15, -0.1) is 0 Å². The Kier molecular flexibility index (Phi) is 5.17. The van der Waals surface area contributed by atoms with Crippen LogP contribution >= 0.6 is 0 Å². The van der Waals surface area contributed by atoms with Gasteiger partial charge in [0.1, 0.15) is 18.2 Å². The summed E-state index contributed by atoms with van der Waals surface area (Å²) < 4.78 is 5.98. The summed E-state index contributed by atoms with van der Waals surface area (Å²) in [7, 11) is 2.18. The lowest BCUT2D eigenvalue weighted by Gasteiger charge is -2.32. The maximum absolute atomic E-state index is 5.98. The molecule has 1 atom stereocenters. The van der Waals surface area contributed by atoms with Crippen LogP contribution in [0.1, 0.15) is 37.6 Å². The van der Waals surface area contributed by atoms with Crippen LogP contribution in [0.4, 0.5) is 5.82 Å². The molecule has 1 unspecified atom stereocenters. The van der Waals surface area contributed by atoms with Crippen molar-refractivity contribution in [3.8, 4) is 5.88 Å². The van der Waals surface area contributed by atoms with Gasteiger partial charge >= 0.3 is 0 Å². The zero-order valence-electron chi connectivity index (χ0n) is 13.1. The average Bonchev–Trinajstić information content (AvgIpc) is 2.42. The Labute approximate surface area is 121 Å². The minimum atomic E-state index is 0.501. The molecule has 2 rings (SSSR count). The number of piperidine rings is 1. The number of nitrogens with zero attached hydrogens (tertiary/aromatic N) is 3. The van der Waals surface area contributed by atoms with Crippen LogP contribution in [0.5, 0.6) is 5.88 Å². The molecule has 5 heteroatoms. The van der Waals surface area contributed by atoms with Crippen molar-refractivity contribution in [3.05, 3.63) is 11.4 Å². The summed E-state index contributed by atoms with van der Waals surface area (Å²) >= 11 is 0. The van der Waals surface area contributed by atoms with Gasteiger partial charge in [-0.3, -0.25) is 0 Å². The highest BCUT2D eigenvalue weighted by Crippen LogP contribution is 2.23. The SMILES string of the molecule is CCNc1nc(C)nc(OCC2CCCCN2C)c1C. The third-order valence-electron chi connectivity index (χ3n) is 3.89. The molecular formula is C15H26N4O. The summed E-state index contributed by atoms with van der Waals surface area (Å²) in [5, 5.41) is 3.26. The Morgan fingerprint density at radius 2 is 2.10 bits per heavy atom. The van der Waals surface area contributed by atoms with Crippen molar-refractivity contribution in [2.45, 2.75) is 46.1 Å². The molecule has 0 aliphatic carbocycles. The predicted molar refractivity (Wildman–Crippen MR) is 81.4 cm³/mol. The molecule has 112 valence electrons. The molecule has 0 radical (unpaired) electrons. The number of anilines is 1. The molecule has 1 N–H and O–H groups in total. The fourth-order valence-electron chi connectivity index (χ4n) is 2.61. The smallest absolute Gasteiger partial charge is 0.221 e. The van der Waals surface area contributed by atoms with Gasteiger partial charge in [0.05, 0.1) is 5.56 Å². The molecule has 1 aliphatic heterocycles. The summed E-state index contributed by atoms with van der Waals surface area (Å²) in [5.41, 5.74) is 0.996. The number of likely N-dealkylation sites (tertiary alicyclic amines) is 1. The van der Waals surface area contributed by atoms with Crippen LogP contribution < -0.4 is 10.1 Å². The number of nitrogens with one attached hydrogen (secondary N) is 1. The molecule has 1 saturated heterocycles. The second-order valence-corrected chi connectivity index (χ2v) is 5.52. The predicted octanol–water partition coefficient (Wildman–Crippen LogP) is 2.39. The maximum atomic E-state index is 5.98. The van der Waals surface area contributed by atoms with E-state index in [-0.39, 0.29) is 0 Å². The summed E-state index contributed by atoms with van der Waals surface area (Å²) in [5.74, 6) is 2.35. The van der Waals surface area contributed by atoms with Gasteiger partial charge in [-0.1, -0.05) is 6.42 Å². The Bertz CT molecular complexity index is 450. The van der Waals surface area contributed by atoms with E-state index in [1.807, 2.05) is 13.8 Å². The minimum absolute atomic E-state index is 0.501. The largest absolute Gasteiger partial charge is 0.476 e. The van der Waals surface area contributed by atoms with E-state index in [4.69, 9.17) is 4.74 Å². The van der Waals surface area contributed by atoms with E-state index in [2.05, 4.69) is 34.2 Å². The molecule has 0 bridgehead atoms. The lowest BCUT2D eigenvalue weighted by Crippen LogP contribution is -2.40. The van der Waals surface area contributed by atoms with E-state index >= 15 is 0 Å². The van der Waals surface area contributed by atoms with Crippen molar-refractivity contribution in [1.29, 1.82) is 0 Å². The highest BCUT2D eigenvalue weighted by Gasteiger charge is 2.20. The standard InChI is InChI=1S/C15H26N4O/c1-5-16-14-11(2)15(18-12(3)17-14)20-10-13-8-6-7-9-19(13)4/h13H,5-10H2,1-4H3,(H,16,17,18). The van der Waals surface area contributed by atoms with Gasteiger partial charge in [0, 0.05) is 12.6 Å². The number of likely N-dealkylation sites (N-methyl/N-ethyl adjacent to an activating group) is 1. The van der Waals surface area contributed by atoms with E-state index < -0.39 is 0 Å². The molecule has 1 aliphatic rings. The third kappa shape index (κ3) is 3.60. The lowest BCUT2D eigenvalue weighted by atomic mass is 10.0. The Morgan fingerprint density at radius 3 is 2.80 bits per heavy atom. The van der Waals surface area contributed by atoms with Crippen molar-refractivity contribution in [2.75, 3.05) is 32.1 Å². The average molecular weight is 278 g/mol. The summed E-state index contributed by atoms with van der Waals surface area (Å²) in [6.45, 7) is 8.70. The van der Waals surface area contributed by atoms with Crippen LogP contribution in [0.3, 0.4) is 0 Å². The van der Waals surface area contributed by atoms with Crippen LogP contribution in [-0.4, -0.2) is 47.7 Å². The first-order valence-electron chi connectivity index (χ1n) is 7.54. The quantitative estimate of drug-likeness (QED) is 0.896. The van der Waals surface area contributed by atoms with Gasteiger partial charge in [0.2, 0.25) is 5.88 Å². The number of aryl methyl sites for hydroxylation is 1. The minimum Gasteiger partial charge on any atom is -0.476 e. The molecule has 1 fully saturated rings. The summed E-state index contributed by atoms with van der Waals surface area (Å²) in [4.78, 5) is 11.2. The van der Waals surface area contributed by atoms with Crippen molar-refractivity contribution >= 4 is 5.82 Å². The number of hydrogen-bond donors (Lipinski definition) is 1. The summed E-state index contributed by atoms with van der Waals surface area (Å²) in [6, 6.07) is 0.501. The summed E-state index contributed by atoms with van der Waals surface area (Å²) in [6.07, 6.45) is 3.80. The molecule has 2 heterocycles. The molecule has 0 aromatic carbocycles. The highest BCUT2D eigenvalue weighted by molar-refractivity contribution is 5.48. The topological polar surface area (TPSA) is 50.3 Å². The Hall–Kier alpha value is -1.36. The molecule has 0 spiro atoms. The maximum Gasteiger partial charge on any atom is 0.221 e. The van der Waals surface area contributed by atoms with Crippen LogP contribution in [0.2, 0.25) is 0 Å². The second kappa shape index (κ2) is 6.88. The van der Waals surface area contributed by atoms with Crippen molar-refractivity contribution in [3.63, 3.8) is 0 Å². The molecule has 0 saturated carbocycles. The number of aromatic nitrogens is 2. The molecule has 0 amide bonds. The van der Waals surface area contributed by atoms with E-state index in [0.29, 0.717) is 18.5 Å². The third-order valence-corrected chi connectivity index (χ3v) is 3.89. The van der Waals surface area contributed by atoms with Crippen molar-refractivity contribution in [2.24, 2.45) is 0 Å². The molecule has 5 nitrogen and oxygen atoms in total. The number of rotatable bonds is 5. The monoisotopic (exact) mass is 278 g/mol. The first kappa shape index (κ1) is 15.0. The fourth-order valence-corrected chi connectivity index (χ4v) is 2.61. The highest BCUT2D eigenvalue weighted by atomic mass is 16.5. The second-order valence-electron chi connectivity index (χ2n) is 5.52. The van der Waals surface area contributed by atoms with E-state index in [1.165, 1.54) is 25.8 Å². The molecular weight excluding hydrogens is 252 g/mol. The van der Waals surface area contributed by atoms with Crippen LogP contribution in [0, 0.1) is 13.8 Å². The van der Waals surface area contributed by atoms with E-state index in [9.17, 15) is 0 Å². The first-order valence-corrected chi connectivity index (χ1v) is 7.54. The van der Waals surface area contributed by atoms with Crippen LogP contribution in [-0.2, 0) is 0 Å². The lowest BCUT2D eigenvalue weighted by molar-refractivity contribution is 0.122.